The second kappa shape index (κ2) is 6.86. The molecular weight excluding hydrogens is 409 g/mol. The number of nitrogens with zero attached hydrogens (tertiary/aromatic N) is 6. The van der Waals surface area contributed by atoms with Crippen LogP contribution in [0.1, 0.15) is 22.5 Å². The molecule has 0 unspecified atom stereocenters. The van der Waals surface area contributed by atoms with Crippen molar-refractivity contribution in [2.75, 3.05) is 0 Å². The number of halogens is 3. The van der Waals surface area contributed by atoms with Crippen molar-refractivity contribution in [1.29, 1.82) is 0 Å². The highest BCUT2D eigenvalue weighted by molar-refractivity contribution is 6.24. The largest absolute Gasteiger partial charge is 0.454 e. The summed E-state index contributed by atoms with van der Waals surface area (Å²) in [6.45, 7) is 0. The Kier molecular flexibility index (Phi) is 4.24. The normalized spacial score (nSPS) is 13.5. The van der Waals surface area contributed by atoms with Gasteiger partial charge in [-0.15, -0.1) is 0 Å². The second-order valence-corrected chi connectivity index (χ2v) is 7.29. The van der Waals surface area contributed by atoms with Crippen LogP contribution in [-0.4, -0.2) is 41.3 Å². The average Bonchev–Trinajstić information content (AvgIpc) is 3.43. The fraction of sp³-hybridized carbons (Fsp3) is 0.190. The van der Waals surface area contributed by atoms with E-state index in [9.17, 15) is 18.0 Å². The third-order valence-corrected chi connectivity index (χ3v) is 5.13. The zero-order valence-electron chi connectivity index (χ0n) is 16.3. The lowest BCUT2D eigenvalue weighted by molar-refractivity contribution is -0.164. The number of aromatic nitrogens is 6. The van der Waals surface area contributed by atoms with Crippen molar-refractivity contribution >= 4 is 17.0 Å². The molecule has 0 radical (unpaired) electrons. The lowest BCUT2D eigenvalue weighted by Crippen LogP contribution is -2.23. The predicted molar refractivity (Wildman–Crippen MR) is 105 cm³/mol. The standard InChI is InChI=1S/C21H15F3N6O/c1-29-11-14(10-26-29)18-20-27-17(28-30(20)7-6-25-18)9-12-2-4-15-13(8-12)3-5-16(15)19(31)21(22,23)24/h2,4-8,10-11H,3,9H2,1H3. The molecule has 7 nitrogen and oxygen atoms in total. The van der Waals surface area contributed by atoms with E-state index in [1.165, 1.54) is 6.08 Å². The number of carbonyl (C=O) groups excluding carboxylic acids is 1. The molecule has 0 atom stereocenters. The molecular formula is C21H15F3N6O. The van der Waals surface area contributed by atoms with Crippen LogP contribution in [0, 0.1) is 0 Å². The number of ketones is 1. The lowest BCUT2D eigenvalue weighted by Gasteiger charge is -2.09. The maximum absolute atomic E-state index is 12.8. The Bertz CT molecular complexity index is 1370. The first kappa shape index (κ1) is 19.2. The van der Waals surface area contributed by atoms with Gasteiger partial charge in [-0.25, -0.2) is 9.50 Å². The van der Waals surface area contributed by atoms with Crippen LogP contribution in [0.5, 0.6) is 0 Å². The Labute approximate surface area is 173 Å². The first-order valence-corrected chi connectivity index (χ1v) is 9.43. The van der Waals surface area contributed by atoms with Crippen LogP contribution in [-0.2, 0) is 24.7 Å². The number of hydrogen-bond acceptors (Lipinski definition) is 5. The van der Waals surface area contributed by atoms with E-state index < -0.39 is 12.0 Å². The predicted octanol–water partition coefficient (Wildman–Crippen LogP) is 3.19. The summed E-state index contributed by atoms with van der Waals surface area (Å²) in [6, 6.07) is 5.06. The maximum atomic E-state index is 12.8. The third kappa shape index (κ3) is 3.39. The number of benzene rings is 1. The number of aryl methyl sites for hydroxylation is 1. The van der Waals surface area contributed by atoms with Crippen LogP contribution in [0.4, 0.5) is 13.2 Å². The highest BCUT2D eigenvalue weighted by Crippen LogP contribution is 2.34. The molecule has 0 bridgehead atoms. The summed E-state index contributed by atoms with van der Waals surface area (Å²) in [6.07, 6.45) is 4.00. The molecule has 0 fully saturated rings. The molecule has 0 saturated heterocycles. The second-order valence-electron chi connectivity index (χ2n) is 7.29. The third-order valence-electron chi connectivity index (χ3n) is 5.13. The zero-order chi connectivity index (χ0) is 21.8. The molecule has 0 N–H and O–H groups in total. The van der Waals surface area contributed by atoms with Crippen LogP contribution < -0.4 is 0 Å². The van der Waals surface area contributed by atoms with Crippen LogP contribution in [0.3, 0.4) is 0 Å². The Morgan fingerprint density at radius 1 is 1.26 bits per heavy atom. The summed E-state index contributed by atoms with van der Waals surface area (Å²) in [5.41, 5.74) is 3.64. The lowest BCUT2D eigenvalue weighted by atomic mass is 9.99. The van der Waals surface area contributed by atoms with E-state index in [1.54, 1.807) is 46.0 Å². The minimum absolute atomic E-state index is 0.285. The first-order valence-electron chi connectivity index (χ1n) is 9.43. The van der Waals surface area contributed by atoms with Gasteiger partial charge >= 0.3 is 6.18 Å². The van der Waals surface area contributed by atoms with E-state index >= 15 is 0 Å². The molecule has 3 aromatic heterocycles. The number of rotatable bonds is 4. The van der Waals surface area contributed by atoms with E-state index in [1.807, 2.05) is 13.2 Å². The average molecular weight is 424 g/mol. The number of carbonyl (C=O) groups is 1. The van der Waals surface area contributed by atoms with Crippen molar-refractivity contribution in [2.24, 2.45) is 7.05 Å². The molecule has 31 heavy (non-hydrogen) atoms. The van der Waals surface area contributed by atoms with Gasteiger partial charge in [0.25, 0.3) is 5.78 Å². The van der Waals surface area contributed by atoms with E-state index in [2.05, 4.69) is 20.2 Å². The highest BCUT2D eigenvalue weighted by Gasteiger charge is 2.42. The van der Waals surface area contributed by atoms with Gasteiger partial charge in [0.05, 0.1) is 6.20 Å². The number of alkyl halides is 3. The number of Topliss-reactive ketones (excluding diaryl/α,β-unsaturated/α-hetero) is 1. The van der Waals surface area contributed by atoms with Gasteiger partial charge in [-0.3, -0.25) is 14.5 Å². The molecule has 0 amide bonds. The summed E-state index contributed by atoms with van der Waals surface area (Å²) in [5.74, 6) is -1.26. The van der Waals surface area contributed by atoms with E-state index in [4.69, 9.17) is 0 Å². The fourth-order valence-electron chi connectivity index (χ4n) is 3.74. The van der Waals surface area contributed by atoms with E-state index in [0.717, 1.165) is 11.1 Å². The smallest absolute Gasteiger partial charge is 0.284 e. The quantitative estimate of drug-likeness (QED) is 0.503. The summed E-state index contributed by atoms with van der Waals surface area (Å²) in [7, 11) is 1.81. The molecule has 0 saturated carbocycles. The monoisotopic (exact) mass is 424 g/mol. The van der Waals surface area contributed by atoms with Gasteiger partial charge < -0.3 is 0 Å². The molecule has 1 aliphatic rings. The molecule has 1 aliphatic carbocycles. The first-order chi connectivity index (χ1) is 14.8. The summed E-state index contributed by atoms with van der Waals surface area (Å²) < 4.78 is 41.7. The van der Waals surface area contributed by atoms with Crippen LogP contribution >= 0.6 is 0 Å². The molecule has 0 spiro atoms. The molecule has 1 aromatic carbocycles. The van der Waals surface area contributed by atoms with Crippen LogP contribution in [0.25, 0.3) is 22.5 Å². The van der Waals surface area contributed by atoms with Gasteiger partial charge in [0, 0.05) is 43.2 Å². The zero-order valence-corrected chi connectivity index (χ0v) is 16.3. The molecule has 156 valence electrons. The van der Waals surface area contributed by atoms with Gasteiger partial charge in [-0.2, -0.15) is 23.4 Å². The fourth-order valence-corrected chi connectivity index (χ4v) is 3.74. The van der Waals surface area contributed by atoms with Crippen molar-refractivity contribution in [2.45, 2.75) is 19.0 Å². The summed E-state index contributed by atoms with van der Waals surface area (Å²) >= 11 is 0. The molecule has 3 heterocycles. The Balaban J connectivity index is 1.43. The van der Waals surface area contributed by atoms with Gasteiger partial charge in [-0.1, -0.05) is 24.3 Å². The number of fused-ring (bicyclic) bond motifs is 2. The Morgan fingerprint density at radius 3 is 2.84 bits per heavy atom. The van der Waals surface area contributed by atoms with Crippen molar-refractivity contribution in [3.05, 3.63) is 71.6 Å². The van der Waals surface area contributed by atoms with Gasteiger partial charge in [0.2, 0.25) is 0 Å². The number of allylic oxidation sites excluding steroid dienone is 2. The molecule has 4 aromatic rings. The van der Waals surface area contributed by atoms with Crippen molar-refractivity contribution in [3.8, 4) is 11.3 Å². The summed E-state index contributed by atoms with van der Waals surface area (Å²) in [4.78, 5) is 20.6. The van der Waals surface area contributed by atoms with E-state index in [0.29, 0.717) is 34.7 Å². The number of hydrogen-bond donors (Lipinski definition) is 0. The molecule has 10 heteroatoms. The minimum Gasteiger partial charge on any atom is -0.284 e. The molecule has 5 rings (SSSR count). The van der Waals surface area contributed by atoms with Gasteiger partial charge in [0.1, 0.15) is 5.69 Å². The maximum Gasteiger partial charge on any atom is 0.454 e. The Morgan fingerprint density at radius 2 is 2.10 bits per heavy atom. The Hall–Kier alpha value is -3.82. The van der Waals surface area contributed by atoms with Gasteiger partial charge in [-0.05, 0) is 23.1 Å². The van der Waals surface area contributed by atoms with Gasteiger partial charge in [0.15, 0.2) is 11.5 Å². The summed E-state index contributed by atoms with van der Waals surface area (Å²) in [5, 5.41) is 8.65. The van der Waals surface area contributed by atoms with Crippen molar-refractivity contribution in [3.63, 3.8) is 0 Å². The minimum atomic E-state index is -4.88. The topological polar surface area (TPSA) is 78.0 Å². The molecule has 0 aliphatic heterocycles. The van der Waals surface area contributed by atoms with Crippen molar-refractivity contribution in [1.82, 2.24) is 29.4 Å². The van der Waals surface area contributed by atoms with Crippen molar-refractivity contribution < 1.29 is 18.0 Å². The van der Waals surface area contributed by atoms with Crippen LogP contribution in [0.2, 0.25) is 0 Å². The van der Waals surface area contributed by atoms with E-state index in [-0.39, 0.29) is 12.0 Å². The highest BCUT2D eigenvalue weighted by atomic mass is 19.4. The van der Waals surface area contributed by atoms with Crippen LogP contribution in [0.15, 0.2) is 49.1 Å². The SMILES string of the molecule is Cn1cc(-c2nccn3nc(Cc4ccc5c(c4)CC=C5C(=O)C(F)(F)F)nc23)cn1.